The molecule has 1 aromatic heterocycles. The van der Waals surface area contributed by atoms with Crippen LogP contribution in [0.5, 0.6) is 0 Å². The number of pyridine rings is 1. The summed E-state index contributed by atoms with van der Waals surface area (Å²) in [7, 11) is 0. The molecule has 0 aliphatic heterocycles. The summed E-state index contributed by atoms with van der Waals surface area (Å²) in [5.74, 6) is 0.0325. The number of aliphatic hydroxyl groups excluding tert-OH is 1. The molecule has 0 saturated heterocycles. The van der Waals surface area contributed by atoms with Gasteiger partial charge in [-0.15, -0.1) is 0 Å². The number of rotatable bonds is 5. The van der Waals surface area contributed by atoms with E-state index in [4.69, 9.17) is 0 Å². The normalized spacial score (nSPS) is 20.9. The summed E-state index contributed by atoms with van der Waals surface area (Å²) in [5.41, 5.74) is 3.25. The van der Waals surface area contributed by atoms with E-state index < -0.39 is 5.41 Å². The molecule has 3 rings (SSSR count). The Morgan fingerprint density at radius 1 is 1.25 bits per heavy atom. The molecule has 0 unspecified atom stereocenters. The SMILES string of the molecule is C[C@]1(C(=O)N[C@@H](CO)Cc2ccncc2)CCc2ccccc2C1. The molecule has 1 amide bonds. The number of aryl methyl sites for hydroxylation is 1. The van der Waals surface area contributed by atoms with Gasteiger partial charge in [0.15, 0.2) is 0 Å². The van der Waals surface area contributed by atoms with Crippen LogP contribution in [0.2, 0.25) is 0 Å². The molecule has 1 aliphatic carbocycles. The van der Waals surface area contributed by atoms with Crippen LogP contribution in [0, 0.1) is 5.41 Å². The van der Waals surface area contributed by atoms with Crippen molar-refractivity contribution in [2.75, 3.05) is 6.61 Å². The van der Waals surface area contributed by atoms with Gasteiger partial charge in [-0.3, -0.25) is 9.78 Å². The number of aromatic nitrogens is 1. The summed E-state index contributed by atoms with van der Waals surface area (Å²) in [6.45, 7) is 1.96. The van der Waals surface area contributed by atoms with Crippen LogP contribution < -0.4 is 5.32 Å². The van der Waals surface area contributed by atoms with Gasteiger partial charge in [0.1, 0.15) is 0 Å². The average molecular weight is 324 g/mol. The van der Waals surface area contributed by atoms with E-state index in [2.05, 4.69) is 28.5 Å². The maximum atomic E-state index is 12.9. The Morgan fingerprint density at radius 3 is 2.67 bits per heavy atom. The van der Waals surface area contributed by atoms with Crippen LogP contribution in [0.3, 0.4) is 0 Å². The van der Waals surface area contributed by atoms with Gasteiger partial charge in [-0.05, 0) is 54.5 Å². The Kier molecular flexibility index (Phi) is 4.95. The van der Waals surface area contributed by atoms with Crippen LogP contribution in [-0.4, -0.2) is 28.6 Å². The van der Waals surface area contributed by atoms with E-state index in [0.717, 1.165) is 24.8 Å². The van der Waals surface area contributed by atoms with Crippen molar-refractivity contribution < 1.29 is 9.90 Å². The number of fused-ring (bicyclic) bond motifs is 1. The molecule has 2 N–H and O–H groups in total. The topological polar surface area (TPSA) is 62.2 Å². The van der Waals surface area contributed by atoms with Crippen LogP contribution in [0.4, 0.5) is 0 Å². The second-order valence-corrected chi connectivity index (χ2v) is 6.92. The van der Waals surface area contributed by atoms with E-state index in [1.807, 2.05) is 25.1 Å². The number of amides is 1. The predicted octanol–water partition coefficient (Wildman–Crippen LogP) is 2.30. The van der Waals surface area contributed by atoms with Gasteiger partial charge >= 0.3 is 0 Å². The van der Waals surface area contributed by atoms with Crippen molar-refractivity contribution in [2.24, 2.45) is 5.41 Å². The Labute approximate surface area is 142 Å². The van der Waals surface area contributed by atoms with Crippen molar-refractivity contribution in [1.29, 1.82) is 0 Å². The summed E-state index contributed by atoms with van der Waals surface area (Å²) < 4.78 is 0. The number of hydrogen-bond donors (Lipinski definition) is 2. The molecule has 0 fully saturated rings. The number of nitrogens with one attached hydrogen (secondary N) is 1. The van der Waals surface area contributed by atoms with E-state index in [1.54, 1.807) is 12.4 Å². The Bertz CT molecular complexity index is 702. The quantitative estimate of drug-likeness (QED) is 0.887. The molecule has 1 heterocycles. The molecule has 1 aliphatic rings. The number of aliphatic hydroxyl groups is 1. The van der Waals surface area contributed by atoms with Crippen LogP contribution >= 0.6 is 0 Å². The fourth-order valence-electron chi connectivity index (χ4n) is 3.41. The van der Waals surface area contributed by atoms with Gasteiger partial charge in [-0.1, -0.05) is 31.2 Å². The van der Waals surface area contributed by atoms with E-state index in [9.17, 15) is 9.90 Å². The standard InChI is InChI=1S/C20H24N2O2/c1-20(9-6-16-4-2-3-5-17(16)13-20)19(24)22-18(14-23)12-15-7-10-21-11-8-15/h2-5,7-8,10-11,18,23H,6,9,12-14H2,1H3,(H,22,24)/t18-,20+/m1/s1. The Morgan fingerprint density at radius 2 is 1.96 bits per heavy atom. The van der Waals surface area contributed by atoms with Gasteiger partial charge in [0, 0.05) is 12.4 Å². The van der Waals surface area contributed by atoms with Gasteiger partial charge in [-0.2, -0.15) is 0 Å². The zero-order valence-electron chi connectivity index (χ0n) is 14.0. The Hall–Kier alpha value is -2.20. The van der Waals surface area contributed by atoms with Crippen LogP contribution in [0.15, 0.2) is 48.8 Å². The molecule has 24 heavy (non-hydrogen) atoms. The summed E-state index contributed by atoms with van der Waals surface area (Å²) >= 11 is 0. The monoisotopic (exact) mass is 324 g/mol. The Balaban J connectivity index is 1.67. The third-order valence-corrected chi connectivity index (χ3v) is 4.98. The minimum atomic E-state index is -0.417. The lowest BCUT2D eigenvalue weighted by Gasteiger charge is -2.35. The molecule has 0 bridgehead atoms. The smallest absolute Gasteiger partial charge is 0.226 e. The predicted molar refractivity (Wildman–Crippen MR) is 93.5 cm³/mol. The van der Waals surface area contributed by atoms with Crippen molar-refractivity contribution in [1.82, 2.24) is 10.3 Å². The van der Waals surface area contributed by atoms with Crippen LogP contribution in [0.1, 0.15) is 30.0 Å². The lowest BCUT2D eigenvalue weighted by Crippen LogP contribution is -2.48. The largest absolute Gasteiger partial charge is 0.394 e. The lowest BCUT2D eigenvalue weighted by molar-refractivity contribution is -0.131. The van der Waals surface area contributed by atoms with E-state index in [0.29, 0.717) is 6.42 Å². The average Bonchev–Trinajstić information content (AvgIpc) is 2.61. The molecule has 2 aromatic rings. The van der Waals surface area contributed by atoms with Crippen molar-refractivity contribution >= 4 is 5.91 Å². The second kappa shape index (κ2) is 7.14. The molecular weight excluding hydrogens is 300 g/mol. The number of hydrogen-bond acceptors (Lipinski definition) is 3. The number of benzene rings is 1. The summed E-state index contributed by atoms with van der Waals surface area (Å²) in [6.07, 6.45) is 6.58. The fraction of sp³-hybridized carbons (Fsp3) is 0.400. The maximum absolute atomic E-state index is 12.9. The third kappa shape index (κ3) is 3.65. The first-order chi connectivity index (χ1) is 11.6. The molecule has 0 saturated carbocycles. The van der Waals surface area contributed by atoms with Gasteiger partial charge in [0.2, 0.25) is 5.91 Å². The third-order valence-electron chi connectivity index (χ3n) is 4.98. The molecule has 1 aromatic carbocycles. The van der Waals surface area contributed by atoms with Crippen molar-refractivity contribution in [3.63, 3.8) is 0 Å². The number of carbonyl (C=O) groups is 1. The lowest BCUT2D eigenvalue weighted by atomic mass is 9.72. The maximum Gasteiger partial charge on any atom is 0.226 e. The van der Waals surface area contributed by atoms with Crippen LogP contribution in [-0.2, 0) is 24.1 Å². The second-order valence-electron chi connectivity index (χ2n) is 6.92. The highest BCUT2D eigenvalue weighted by Crippen LogP contribution is 2.35. The zero-order chi connectivity index (χ0) is 17.0. The minimum absolute atomic E-state index is 0.0325. The van der Waals surface area contributed by atoms with Crippen molar-refractivity contribution in [3.8, 4) is 0 Å². The van der Waals surface area contributed by atoms with E-state index >= 15 is 0 Å². The molecular formula is C20H24N2O2. The van der Waals surface area contributed by atoms with Crippen molar-refractivity contribution in [2.45, 2.75) is 38.6 Å². The van der Waals surface area contributed by atoms with Gasteiger partial charge in [-0.25, -0.2) is 0 Å². The highest BCUT2D eigenvalue weighted by atomic mass is 16.3. The summed E-state index contributed by atoms with van der Waals surface area (Å²) in [4.78, 5) is 16.9. The molecule has 126 valence electrons. The van der Waals surface area contributed by atoms with Crippen molar-refractivity contribution in [3.05, 3.63) is 65.5 Å². The molecule has 4 nitrogen and oxygen atoms in total. The first kappa shape index (κ1) is 16.7. The fourth-order valence-corrected chi connectivity index (χ4v) is 3.41. The van der Waals surface area contributed by atoms with E-state index in [-0.39, 0.29) is 18.6 Å². The highest BCUT2D eigenvalue weighted by molar-refractivity contribution is 5.83. The van der Waals surface area contributed by atoms with Gasteiger partial charge in [0.25, 0.3) is 0 Å². The molecule has 0 radical (unpaired) electrons. The minimum Gasteiger partial charge on any atom is -0.394 e. The highest BCUT2D eigenvalue weighted by Gasteiger charge is 2.37. The first-order valence-corrected chi connectivity index (χ1v) is 8.48. The molecule has 4 heteroatoms. The van der Waals surface area contributed by atoms with E-state index in [1.165, 1.54) is 11.1 Å². The van der Waals surface area contributed by atoms with Crippen LogP contribution in [0.25, 0.3) is 0 Å². The number of carbonyl (C=O) groups excluding carboxylic acids is 1. The summed E-state index contributed by atoms with van der Waals surface area (Å²) in [6, 6.07) is 11.9. The zero-order valence-corrected chi connectivity index (χ0v) is 14.0. The number of nitrogens with zero attached hydrogens (tertiary/aromatic N) is 1. The molecule has 2 atom stereocenters. The van der Waals surface area contributed by atoms with Gasteiger partial charge in [0.05, 0.1) is 18.1 Å². The molecule has 0 spiro atoms. The first-order valence-electron chi connectivity index (χ1n) is 8.48. The van der Waals surface area contributed by atoms with Gasteiger partial charge < -0.3 is 10.4 Å². The summed E-state index contributed by atoms with van der Waals surface area (Å²) in [5, 5.41) is 12.7.